The van der Waals surface area contributed by atoms with Gasteiger partial charge in [0.1, 0.15) is 0 Å². The van der Waals surface area contributed by atoms with E-state index >= 15 is 0 Å². The second-order valence-corrected chi connectivity index (χ2v) is 6.46. The first kappa shape index (κ1) is 15.6. The Morgan fingerprint density at radius 3 is 2.70 bits per heavy atom. The van der Waals surface area contributed by atoms with Gasteiger partial charge in [-0.15, -0.1) is 11.8 Å². The van der Waals surface area contributed by atoms with E-state index in [9.17, 15) is 4.79 Å². The molecular weight excluding hydrogens is 304 g/mol. The van der Waals surface area contributed by atoms with Crippen molar-refractivity contribution in [2.24, 2.45) is 0 Å². The van der Waals surface area contributed by atoms with Crippen molar-refractivity contribution in [1.82, 2.24) is 9.88 Å². The van der Waals surface area contributed by atoms with Gasteiger partial charge in [-0.25, -0.2) is 0 Å². The smallest absolute Gasteiger partial charge is 0.232 e. The van der Waals surface area contributed by atoms with Crippen molar-refractivity contribution < 1.29 is 4.79 Å². The van der Waals surface area contributed by atoms with Crippen LogP contribution in [0.5, 0.6) is 0 Å². The van der Waals surface area contributed by atoms with Crippen molar-refractivity contribution in [1.29, 1.82) is 0 Å². The average Bonchev–Trinajstić information content (AvgIpc) is 2.60. The molecular formula is C19H18N2OS. The highest BCUT2D eigenvalue weighted by atomic mass is 32.2. The lowest BCUT2D eigenvalue weighted by molar-refractivity contribution is -0.127. The molecule has 0 N–H and O–H groups in total. The molecule has 0 saturated heterocycles. The minimum absolute atomic E-state index is 0.118. The molecule has 0 saturated carbocycles. The molecule has 0 aliphatic rings. The number of nitrogens with zero attached hydrogens (tertiary/aromatic N) is 2. The number of hydrogen-bond donors (Lipinski definition) is 0. The van der Waals surface area contributed by atoms with Crippen LogP contribution in [0.15, 0.2) is 71.9 Å². The highest BCUT2D eigenvalue weighted by Gasteiger charge is 2.10. The molecule has 3 rings (SSSR count). The van der Waals surface area contributed by atoms with Crippen LogP contribution < -0.4 is 0 Å². The van der Waals surface area contributed by atoms with E-state index in [1.54, 1.807) is 29.1 Å². The number of thioether (sulfide) groups is 1. The SMILES string of the molecule is CN(Cc1cccnc1)C(=O)CSc1ccc2ccccc2c1. The number of rotatable bonds is 5. The van der Waals surface area contributed by atoms with E-state index < -0.39 is 0 Å². The third-order valence-electron chi connectivity index (χ3n) is 3.65. The molecule has 0 radical (unpaired) electrons. The molecule has 0 spiro atoms. The van der Waals surface area contributed by atoms with Crippen molar-refractivity contribution in [3.8, 4) is 0 Å². The van der Waals surface area contributed by atoms with Gasteiger partial charge in [-0.2, -0.15) is 0 Å². The molecule has 0 bridgehead atoms. The molecule has 4 heteroatoms. The second kappa shape index (κ2) is 7.29. The Kier molecular flexibility index (Phi) is 4.93. The first-order valence-electron chi connectivity index (χ1n) is 7.47. The summed E-state index contributed by atoms with van der Waals surface area (Å²) < 4.78 is 0. The number of aromatic nitrogens is 1. The zero-order valence-electron chi connectivity index (χ0n) is 13.0. The monoisotopic (exact) mass is 322 g/mol. The zero-order valence-corrected chi connectivity index (χ0v) is 13.8. The lowest BCUT2D eigenvalue weighted by Crippen LogP contribution is -2.27. The van der Waals surface area contributed by atoms with Gasteiger partial charge in [0.15, 0.2) is 0 Å². The molecule has 1 aromatic heterocycles. The largest absolute Gasteiger partial charge is 0.341 e. The van der Waals surface area contributed by atoms with E-state index in [-0.39, 0.29) is 5.91 Å². The fourth-order valence-corrected chi connectivity index (χ4v) is 3.25. The first-order chi connectivity index (χ1) is 11.2. The number of hydrogen-bond acceptors (Lipinski definition) is 3. The standard InChI is InChI=1S/C19H18N2OS/c1-21(13-15-5-4-10-20-12-15)19(22)14-23-18-9-8-16-6-2-3-7-17(16)11-18/h2-12H,13-14H2,1H3. The van der Waals surface area contributed by atoms with Gasteiger partial charge in [0.2, 0.25) is 5.91 Å². The van der Waals surface area contributed by atoms with E-state index in [1.165, 1.54) is 10.8 Å². The average molecular weight is 322 g/mol. The van der Waals surface area contributed by atoms with Gasteiger partial charge < -0.3 is 4.90 Å². The summed E-state index contributed by atoms with van der Waals surface area (Å²) in [6.07, 6.45) is 3.53. The maximum Gasteiger partial charge on any atom is 0.232 e. The number of amides is 1. The number of carbonyl (C=O) groups is 1. The van der Waals surface area contributed by atoms with Crippen LogP contribution in [0.1, 0.15) is 5.56 Å². The molecule has 0 fully saturated rings. The maximum absolute atomic E-state index is 12.3. The number of pyridine rings is 1. The number of carbonyl (C=O) groups excluding carboxylic acids is 1. The van der Waals surface area contributed by atoms with Crippen LogP contribution in [-0.2, 0) is 11.3 Å². The van der Waals surface area contributed by atoms with Crippen LogP contribution in [0.3, 0.4) is 0 Å². The molecule has 116 valence electrons. The molecule has 0 unspecified atom stereocenters. The highest BCUT2D eigenvalue weighted by molar-refractivity contribution is 8.00. The minimum atomic E-state index is 0.118. The lowest BCUT2D eigenvalue weighted by atomic mass is 10.1. The Bertz CT molecular complexity index is 805. The summed E-state index contributed by atoms with van der Waals surface area (Å²) in [5, 5.41) is 2.42. The van der Waals surface area contributed by atoms with Crippen molar-refractivity contribution in [2.75, 3.05) is 12.8 Å². The van der Waals surface area contributed by atoms with E-state index in [0.717, 1.165) is 10.5 Å². The second-order valence-electron chi connectivity index (χ2n) is 5.41. The summed E-state index contributed by atoms with van der Waals surface area (Å²) >= 11 is 1.58. The van der Waals surface area contributed by atoms with Crippen molar-refractivity contribution in [3.05, 3.63) is 72.6 Å². The fraction of sp³-hybridized carbons (Fsp3) is 0.158. The number of benzene rings is 2. The van der Waals surface area contributed by atoms with Crippen molar-refractivity contribution in [2.45, 2.75) is 11.4 Å². The van der Waals surface area contributed by atoms with E-state index in [1.807, 2.05) is 31.3 Å². The van der Waals surface area contributed by atoms with E-state index in [2.05, 4.69) is 35.3 Å². The molecule has 1 amide bonds. The topological polar surface area (TPSA) is 33.2 Å². The Morgan fingerprint density at radius 1 is 1.09 bits per heavy atom. The van der Waals surface area contributed by atoms with Gasteiger partial charge >= 0.3 is 0 Å². The van der Waals surface area contributed by atoms with Crippen LogP contribution >= 0.6 is 11.8 Å². The quantitative estimate of drug-likeness (QED) is 0.666. The summed E-state index contributed by atoms with van der Waals surface area (Å²) in [5.74, 6) is 0.557. The van der Waals surface area contributed by atoms with Gasteiger partial charge in [-0.05, 0) is 34.5 Å². The van der Waals surface area contributed by atoms with Crippen LogP contribution in [-0.4, -0.2) is 28.6 Å². The zero-order chi connectivity index (χ0) is 16.1. The van der Waals surface area contributed by atoms with Crippen LogP contribution in [0.4, 0.5) is 0 Å². The van der Waals surface area contributed by atoms with Crippen LogP contribution in [0.2, 0.25) is 0 Å². The van der Waals surface area contributed by atoms with Gasteiger partial charge in [-0.1, -0.05) is 36.4 Å². The molecule has 23 heavy (non-hydrogen) atoms. The van der Waals surface area contributed by atoms with Crippen molar-refractivity contribution >= 4 is 28.4 Å². The van der Waals surface area contributed by atoms with Gasteiger partial charge in [0.25, 0.3) is 0 Å². The predicted molar refractivity (Wildman–Crippen MR) is 95.4 cm³/mol. The third-order valence-corrected chi connectivity index (χ3v) is 4.63. The molecule has 0 aliphatic heterocycles. The molecule has 1 heterocycles. The van der Waals surface area contributed by atoms with Gasteiger partial charge in [-0.3, -0.25) is 9.78 Å². The van der Waals surface area contributed by atoms with Crippen molar-refractivity contribution in [3.63, 3.8) is 0 Å². The summed E-state index contributed by atoms with van der Waals surface area (Å²) in [7, 11) is 1.83. The Morgan fingerprint density at radius 2 is 1.91 bits per heavy atom. The summed E-state index contributed by atoms with van der Waals surface area (Å²) in [6.45, 7) is 0.588. The van der Waals surface area contributed by atoms with E-state index in [0.29, 0.717) is 12.3 Å². The lowest BCUT2D eigenvalue weighted by Gasteiger charge is -2.16. The third kappa shape index (κ3) is 4.11. The molecule has 2 aromatic carbocycles. The first-order valence-corrected chi connectivity index (χ1v) is 8.45. The molecule has 0 atom stereocenters. The fourth-order valence-electron chi connectivity index (χ4n) is 2.37. The maximum atomic E-state index is 12.3. The predicted octanol–water partition coefficient (Wildman–Crippen LogP) is 3.99. The Balaban J connectivity index is 1.59. The van der Waals surface area contributed by atoms with Crippen LogP contribution in [0.25, 0.3) is 10.8 Å². The number of fused-ring (bicyclic) bond motifs is 1. The molecule has 0 aliphatic carbocycles. The minimum Gasteiger partial charge on any atom is -0.341 e. The summed E-state index contributed by atoms with van der Waals surface area (Å²) in [4.78, 5) is 19.2. The Labute approximate surface area is 140 Å². The summed E-state index contributed by atoms with van der Waals surface area (Å²) in [6, 6.07) is 18.4. The van der Waals surface area contributed by atoms with Crippen LogP contribution in [0, 0.1) is 0 Å². The highest BCUT2D eigenvalue weighted by Crippen LogP contribution is 2.23. The summed E-state index contributed by atoms with van der Waals surface area (Å²) in [5.41, 5.74) is 1.04. The Hall–Kier alpha value is -2.33. The van der Waals surface area contributed by atoms with Gasteiger partial charge in [0.05, 0.1) is 5.75 Å². The molecule has 3 nitrogen and oxygen atoms in total. The molecule has 3 aromatic rings. The van der Waals surface area contributed by atoms with Gasteiger partial charge in [0, 0.05) is 30.9 Å². The normalized spacial score (nSPS) is 10.7. The van der Waals surface area contributed by atoms with E-state index in [4.69, 9.17) is 0 Å².